The fourth-order valence-electron chi connectivity index (χ4n) is 5.05. The quantitative estimate of drug-likeness (QED) is 0.394. The summed E-state index contributed by atoms with van der Waals surface area (Å²) in [6.45, 7) is 4.72. The normalized spacial score (nSPS) is 20.3. The molecular weight excluding hydrogens is 580 g/mol. The van der Waals surface area contributed by atoms with Crippen LogP contribution in [0.3, 0.4) is 0 Å². The average Bonchev–Trinajstić information content (AvgIpc) is 3.50. The molecule has 2 aliphatic heterocycles. The zero-order valence-corrected chi connectivity index (χ0v) is 22.4. The zero-order valence-electron chi connectivity index (χ0n) is 20.2. The Bertz CT molecular complexity index is 1280. The van der Waals surface area contributed by atoms with E-state index >= 15 is 0 Å². The summed E-state index contributed by atoms with van der Waals surface area (Å²) >= 11 is -0.393. The molecule has 1 saturated heterocycles. The number of aliphatic imine (C=N–C) groups is 1. The van der Waals surface area contributed by atoms with Crippen molar-refractivity contribution < 1.29 is 18.0 Å². The Morgan fingerprint density at radius 3 is 2.72 bits per heavy atom. The molecule has 5 rings (SSSR count). The molecule has 1 N–H and O–H groups in total. The number of benzene rings is 1. The number of aryl methyl sites for hydroxylation is 2. The van der Waals surface area contributed by atoms with Crippen LogP contribution in [0.25, 0.3) is 0 Å². The fraction of sp³-hybridized carbons (Fsp3) is 0.407. The van der Waals surface area contributed by atoms with Crippen molar-refractivity contribution >= 4 is 42.3 Å². The second-order valence-electron chi connectivity index (χ2n) is 9.93. The van der Waals surface area contributed by atoms with E-state index in [2.05, 4.69) is 19.4 Å². The fourth-order valence-corrected chi connectivity index (χ4v) is 6.91. The summed E-state index contributed by atoms with van der Waals surface area (Å²) in [6.07, 6.45) is 3.13. The van der Waals surface area contributed by atoms with E-state index < -0.39 is 32.5 Å². The summed E-state index contributed by atoms with van der Waals surface area (Å²) in [5.74, 6) is 0.237. The van der Waals surface area contributed by atoms with Crippen molar-refractivity contribution in [1.82, 2.24) is 9.88 Å². The Hall–Kier alpha value is -2.56. The van der Waals surface area contributed by atoms with Gasteiger partial charge in [-0.3, -0.25) is 9.79 Å². The van der Waals surface area contributed by atoms with Crippen LogP contribution in [0.5, 0.6) is 0 Å². The minimum absolute atomic E-state index is 0.0248. The molecule has 1 atom stereocenters. The maximum absolute atomic E-state index is 13.9. The Labute approximate surface area is 218 Å². The molecular formula is C27H28F3IN4O. The van der Waals surface area contributed by atoms with Gasteiger partial charge in [-0.05, 0) is 73.3 Å². The van der Waals surface area contributed by atoms with Crippen molar-refractivity contribution in [3.63, 3.8) is 0 Å². The standard InChI is InChI=1S/C27H28F3IN4O/c1-17-4-5-21(24-31-9-3-10-33-24)22(12-17)25(36)35-16-26(7-8-26)15-20(35)6-11-32-23-14-19(27(28,29)30)13-18(2)34-23/h3-5,9-10,12-14,20H,6-8,11,15-16H2,1-2H3,(H,32,34)/t20-/m1/s1. The molecule has 2 aromatic rings. The third-order valence-corrected chi connectivity index (χ3v) is 9.26. The molecule has 3 heterocycles. The van der Waals surface area contributed by atoms with Gasteiger partial charge in [0, 0.05) is 42.2 Å². The van der Waals surface area contributed by atoms with Gasteiger partial charge in [-0.1, -0.05) is 38.4 Å². The Balaban J connectivity index is 1.34. The highest BCUT2D eigenvalue weighted by atomic mass is 127. The van der Waals surface area contributed by atoms with Gasteiger partial charge < -0.3 is 10.2 Å². The number of likely N-dealkylation sites (tertiary alicyclic amines) is 1. The molecule has 190 valence electrons. The first-order valence-electron chi connectivity index (χ1n) is 12.0. The lowest BCUT2D eigenvalue weighted by atomic mass is 10.0. The number of alkyl halides is 3. The number of rotatable bonds is 6. The number of aromatic nitrogens is 1. The molecule has 0 bridgehead atoms. The van der Waals surface area contributed by atoms with Crippen LogP contribution in [0.4, 0.5) is 19.0 Å². The van der Waals surface area contributed by atoms with Gasteiger partial charge in [0.2, 0.25) is 0 Å². The van der Waals surface area contributed by atoms with Crippen LogP contribution in [0.1, 0.15) is 58.4 Å². The number of anilines is 1. The number of amides is 1. The van der Waals surface area contributed by atoms with E-state index in [1.807, 2.05) is 36.1 Å². The first-order valence-corrected chi connectivity index (χ1v) is 14.4. The van der Waals surface area contributed by atoms with Gasteiger partial charge in [-0.2, -0.15) is 13.2 Å². The molecule has 1 saturated carbocycles. The maximum atomic E-state index is 13.9. The predicted octanol–water partition coefficient (Wildman–Crippen LogP) is 6.26. The SMILES string of the molecule is Cc1ccc(C2=IC=CC=N2)c(C(=O)N2CC3(CC3)C[C@H]2CCNc2cc(C(F)(F)F)cc(C)n2)c1. The first-order chi connectivity index (χ1) is 17.1. The highest BCUT2D eigenvalue weighted by Crippen LogP contribution is 2.55. The molecule has 1 spiro atoms. The van der Waals surface area contributed by atoms with E-state index in [0.29, 0.717) is 24.2 Å². The van der Waals surface area contributed by atoms with Crippen molar-refractivity contribution in [3.05, 3.63) is 68.4 Å². The van der Waals surface area contributed by atoms with Crippen LogP contribution in [0.2, 0.25) is 0 Å². The van der Waals surface area contributed by atoms with E-state index in [0.717, 1.165) is 52.7 Å². The van der Waals surface area contributed by atoms with Crippen molar-refractivity contribution in [2.75, 3.05) is 18.4 Å². The number of carbonyl (C=O) groups is 1. The van der Waals surface area contributed by atoms with Crippen molar-refractivity contribution in [2.45, 2.75) is 51.7 Å². The van der Waals surface area contributed by atoms with Crippen LogP contribution < -0.4 is 5.32 Å². The summed E-state index contributed by atoms with van der Waals surface area (Å²) in [4.78, 5) is 24.7. The molecule has 5 nitrogen and oxygen atoms in total. The number of hydrogen-bond donors (Lipinski definition) is 1. The Morgan fingerprint density at radius 2 is 2.03 bits per heavy atom. The molecule has 36 heavy (non-hydrogen) atoms. The highest BCUT2D eigenvalue weighted by molar-refractivity contribution is 14.2. The maximum Gasteiger partial charge on any atom is 0.416 e. The average molecular weight is 608 g/mol. The van der Waals surface area contributed by atoms with Crippen LogP contribution in [-0.4, -0.2) is 44.8 Å². The molecule has 0 radical (unpaired) electrons. The van der Waals surface area contributed by atoms with E-state index in [1.165, 1.54) is 0 Å². The van der Waals surface area contributed by atoms with E-state index in [4.69, 9.17) is 0 Å². The summed E-state index contributed by atoms with van der Waals surface area (Å²) in [7, 11) is 0. The minimum atomic E-state index is -4.42. The van der Waals surface area contributed by atoms with Gasteiger partial charge in [-0.25, -0.2) is 4.98 Å². The number of carbonyl (C=O) groups excluding carboxylic acids is 1. The van der Waals surface area contributed by atoms with Gasteiger partial charge in [0.25, 0.3) is 5.91 Å². The molecule has 1 aromatic carbocycles. The smallest absolute Gasteiger partial charge is 0.370 e. The summed E-state index contributed by atoms with van der Waals surface area (Å²) < 4.78 is 42.7. The second-order valence-corrected chi connectivity index (χ2v) is 12.3. The van der Waals surface area contributed by atoms with Crippen molar-refractivity contribution in [3.8, 4) is 0 Å². The second kappa shape index (κ2) is 9.72. The molecule has 1 amide bonds. The van der Waals surface area contributed by atoms with Crippen molar-refractivity contribution in [1.29, 1.82) is 0 Å². The molecule has 0 unspecified atom stereocenters. The molecule has 3 aliphatic rings. The van der Waals surface area contributed by atoms with Gasteiger partial charge >= 0.3 is 6.18 Å². The van der Waals surface area contributed by atoms with Crippen LogP contribution in [0, 0.1) is 19.3 Å². The lowest BCUT2D eigenvalue weighted by molar-refractivity contribution is -0.137. The number of nitrogens with zero attached hydrogens (tertiary/aromatic N) is 3. The lowest BCUT2D eigenvalue weighted by Crippen LogP contribution is -2.37. The summed E-state index contributed by atoms with van der Waals surface area (Å²) in [5, 5.41) is 3.07. The monoisotopic (exact) mass is 608 g/mol. The topological polar surface area (TPSA) is 57.6 Å². The molecule has 1 aromatic heterocycles. The number of nitrogens with one attached hydrogen (secondary N) is 1. The van der Waals surface area contributed by atoms with Crippen LogP contribution in [-0.2, 0) is 6.18 Å². The summed E-state index contributed by atoms with van der Waals surface area (Å²) in [5.41, 5.74) is 2.44. The minimum Gasteiger partial charge on any atom is -0.370 e. The first kappa shape index (κ1) is 25.1. The zero-order chi connectivity index (χ0) is 25.5. The van der Waals surface area contributed by atoms with Crippen LogP contribution >= 0.6 is 20.7 Å². The van der Waals surface area contributed by atoms with Crippen molar-refractivity contribution in [2.24, 2.45) is 10.4 Å². The predicted molar refractivity (Wildman–Crippen MR) is 145 cm³/mol. The lowest BCUT2D eigenvalue weighted by Gasteiger charge is -2.26. The van der Waals surface area contributed by atoms with Gasteiger partial charge in [-0.15, -0.1) is 0 Å². The third-order valence-electron chi connectivity index (χ3n) is 7.04. The largest absolute Gasteiger partial charge is 0.416 e. The molecule has 9 heteroatoms. The third kappa shape index (κ3) is 5.40. The van der Waals surface area contributed by atoms with Gasteiger partial charge in [0.15, 0.2) is 0 Å². The van der Waals surface area contributed by atoms with Crippen LogP contribution in [0.15, 0.2) is 45.5 Å². The Morgan fingerprint density at radius 1 is 1.22 bits per heavy atom. The highest BCUT2D eigenvalue weighted by Gasteiger charge is 2.53. The number of pyridine rings is 1. The van der Waals surface area contributed by atoms with E-state index in [1.54, 1.807) is 13.1 Å². The number of allylic oxidation sites excluding steroid dienone is 1. The van der Waals surface area contributed by atoms with E-state index in [9.17, 15) is 18.0 Å². The molecule has 1 aliphatic carbocycles. The Kier molecular flexibility index (Phi) is 6.78. The summed E-state index contributed by atoms with van der Waals surface area (Å²) in [6, 6.07) is 8.12. The molecule has 2 fully saturated rings. The number of hydrogen-bond acceptors (Lipinski definition) is 4. The van der Waals surface area contributed by atoms with Gasteiger partial charge in [0.1, 0.15) is 9.45 Å². The van der Waals surface area contributed by atoms with E-state index in [-0.39, 0.29) is 23.2 Å². The van der Waals surface area contributed by atoms with Gasteiger partial charge in [0.05, 0.1) is 5.56 Å². The number of halogens is 4.